The molecule has 3 aromatic rings. The van der Waals surface area contributed by atoms with Crippen LogP contribution in [0, 0.1) is 6.92 Å². The first kappa shape index (κ1) is 17.4. The Bertz CT molecular complexity index is 986. The van der Waals surface area contributed by atoms with Gasteiger partial charge in [0.1, 0.15) is 5.76 Å². The maximum absolute atomic E-state index is 12.3. The zero-order chi connectivity index (χ0) is 18.1. The van der Waals surface area contributed by atoms with Gasteiger partial charge in [0.2, 0.25) is 5.91 Å². The van der Waals surface area contributed by atoms with Crippen LogP contribution in [0.15, 0.2) is 33.7 Å². The maximum atomic E-state index is 12.3. The van der Waals surface area contributed by atoms with Gasteiger partial charge in [0.15, 0.2) is 5.82 Å². The number of carbonyl (C=O) groups is 1. The minimum atomic E-state index is -0.105. The number of hydrogen-bond acceptors (Lipinski definition) is 5. The van der Waals surface area contributed by atoms with Gasteiger partial charge >= 0.3 is 0 Å². The van der Waals surface area contributed by atoms with Crippen molar-refractivity contribution in [2.24, 2.45) is 0 Å². The van der Waals surface area contributed by atoms with Gasteiger partial charge in [-0.2, -0.15) is 0 Å². The number of thioether (sulfide) groups is 1. The first-order valence-corrected chi connectivity index (χ1v) is 9.93. The smallest absolute Gasteiger partial charge is 0.235 e. The molecule has 1 aromatic carbocycles. The quantitative estimate of drug-likeness (QED) is 0.651. The van der Waals surface area contributed by atoms with Gasteiger partial charge in [0.05, 0.1) is 11.3 Å². The number of aryl methyl sites for hydroxylation is 2. The van der Waals surface area contributed by atoms with E-state index in [0.29, 0.717) is 22.4 Å². The molecule has 0 saturated carbocycles. The summed E-state index contributed by atoms with van der Waals surface area (Å²) < 4.78 is 4.98. The van der Waals surface area contributed by atoms with Gasteiger partial charge in [0.25, 0.3) is 0 Å². The van der Waals surface area contributed by atoms with Gasteiger partial charge in [-0.25, -0.2) is 0 Å². The average molecular weight is 388 g/mol. The number of carbonyl (C=O) groups excluding carboxylic acids is 1. The number of aromatic nitrogens is 2. The van der Waals surface area contributed by atoms with Crippen LogP contribution in [0.5, 0.6) is 0 Å². The number of hydrogen-bond donors (Lipinski definition) is 1. The summed E-state index contributed by atoms with van der Waals surface area (Å²) in [6, 6.07) is 7.48. The van der Waals surface area contributed by atoms with E-state index in [9.17, 15) is 4.79 Å². The van der Waals surface area contributed by atoms with Crippen molar-refractivity contribution in [1.29, 1.82) is 0 Å². The summed E-state index contributed by atoms with van der Waals surface area (Å²) in [5.74, 6) is 1.31. The minimum Gasteiger partial charge on any atom is -0.360 e. The molecule has 0 unspecified atom stereocenters. The molecule has 0 fully saturated rings. The van der Waals surface area contributed by atoms with Gasteiger partial charge in [-0.05, 0) is 50.3 Å². The molecule has 134 valence electrons. The van der Waals surface area contributed by atoms with Crippen molar-refractivity contribution in [2.45, 2.75) is 37.5 Å². The van der Waals surface area contributed by atoms with Gasteiger partial charge < -0.3 is 9.84 Å². The summed E-state index contributed by atoms with van der Waals surface area (Å²) in [5, 5.41) is 8.31. The summed E-state index contributed by atoms with van der Waals surface area (Å²) in [4.78, 5) is 18.3. The van der Waals surface area contributed by atoms with Crippen molar-refractivity contribution < 1.29 is 9.32 Å². The number of amides is 1. The van der Waals surface area contributed by atoms with Crippen LogP contribution in [0.2, 0.25) is 5.02 Å². The van der Waals surface area contributed by atoms with Gasteiger partial charge in [0, 0.05) is 27.1 Å². The van der Waals surface area contributed by atoms with E-state index in [-0.39, 0.29) is 5.91 Å². The summed E-state index contributed by atoms with van der Waals surface area (Å²) in [5.41, 5.74) is 3.32. The van der Waals surface area contributed by atoms with Crippen LogP contribution in [0.25, 0.3) is 10.9 Å². The average Bonchev–Trinajstić information content (AvgIpc) is 3.03. The van der Waals surface area contributed by atoms with E-state index in [1.54, 1.807) is 24.8 Å². The highest BCUT2D eigenvalue weighted by Gasteiger charge is 2.19. The molecule has 2 heterocycles. The topological polar surface area (TPSA) is 68.0 Å². The van der Waals surface area contributed by atoms with E-state index in [1.165, 1.54) is 5.56 Å². The van der Waals surface area contributed by atoms with Gasteiger partial charge in [-0.15, -0.1) is 11.8 Å². The molecule has 0 radical (unpaired) electrons. The zero-order valence-corrected chi connectivity index (χ0v) is 15.9. The lowest BCUT2D eigenvalue weighted by atomic mass is 9.94. The molecule has 1 N–H and O–H groups in total. The second-order valence-electron chi connectivity index (χ2n) is 6.39. The first-order valence-electron chi connectivity index (χ1n) is 8.57. The Labute approximate surface area is 160 Å². The van der Waals surface area contributed by atoms with Crippen molar-refractivity contribution in [3.05, 3.63) is 46.3 Å². The number of halogens is 1. The number of anilines is 1. The molecule has 5 nitrogen and oxygen atoms in total. The van der Waals surface area contributed by atoms with Gasteiger partial charge in [-0.1, -0.05) is 22.8 Å². The molecular formula is C19H18ClN3O2S. The number of nitrogens with one attached hydrogen (secondary N) is 1. The summed E-state index contributed by atoms with van der Waals surface area (Å²) in [6.07, 6.45) is 4.30. The highest BCUT2D eigenvalue weighted by Crippen LogP contribution is 2.36. The molecule has 0 spiro atoms. The number of nitrogens with zero attached hydrogens (tertiary/aromatic N) is 2. The molecule has 0 saturated heterocycles. The van der Waals surface area contributed by atoms with E-state index >= 15 is 0 Å². The van der Waals surface area contributed by atoms with Crippen molar-refractivity contribution in [2.75, 3.05) is 11.1 Å². The van der Waals surface area contributed by atoms with Crippen molar-refractivity contribution in [1.82, 2.24) is 10.1 Å². The Kier molecular flexibility index (Phi) is 4.87. The predicted molar refractivity (Wildman–Crippen MR) is 104 cm³/mol. The Morgan fingerprint density at radius 2 is 2.15 bits per heavy atom. The first-order chi connectivity index (χ1) is 12.6. The molecule has 1 amide bonds. The second kappa shape index (κ2) is 7.29. The number of fused-ring (bicyclic) bond motifs is 2. The Morgan fingerprint density at radius 3 is 2.96 bits per heavy atom. The molecule has 4 rings (SSSR count). The fourth-order valence-electron chi connectivity index (χ4n) is 3.26. The minimum absolute atomic E-state index is 0.105. The number of benzene rings is 1. The lowest BCUT2D eigenvalue weighted by Crippen LogP contribution is -2.15. The normalized spacial score (nSPS) is 13.6. The van der Waals surface area contributed by atoms with Crippen LogP contribution in [0.4, 0.5) is 5.82 Å². The Morgan fingerprint density at radius 1 is 1.31 bits per heavy atom. The van der Waals surface area contributed by atoms with Crippen LogP contribution < -0.4 is 5.32 Å². The largest absolute Gasteiger partial charge is 0.360 e. The summed E-state index contributed by atoms with van der Waals surface area (Å²) in [7, 11) is 0. The monoisotopic (exact) mass is 387 g/mol. The molecule has 2 aromatic heterocycles. The molecule has 0 bridgehead atoms. The molecule has 1 aliphatic carbocycles. The van der Waals surface area contributed by atoms with Gasteiger partial charge in [-0.3, -0.25) is 9.78 Å². The summed E-state index contributed by atoms with van der Waals surface area (Å²) in [6.45, 7) is 1.79. The van der Waals surface area contributed by atoms with Crippen LogP contribution in [-0.4, -0.2) is 21.8 Å². The van der Waals surface area contributed by atoms with Crippen molar-refractivity contribution in [3.63, 3.8) is 0 Å². The molecular weight excluding hydrogens is 370 g/mol. The maximum Gasteiger partial charge on any atom is 0.235 e. The summed E-state index contributed by atoms with van der Waals surface area (Å²) >= 11 is 7.70. The lowest BCUT2D eigenvalue weighted by molar-refractivity contribution is -0.113. The van der Waals surface area contributed by atoms with E-state index < -0.39 is 0 Å². The molecule has 1 aliphatic rings. The fourth-order valence-corrected chi connectivity index (χ4v) is 4.50. The third-order valence-electron chi connectivity index (χ3n) is 4.42. The lowest BCUT2D eigenvalue weighted by Gasteiger charge is -2.20. The van der Waals surface area contributed by atoms with E-state index in [0.717, 1.165) is 47.2 Å². The highest BCUT2D eigenvalue weighted by atomic mass is 35.5. The molecule has 0 aliphatic heterocycles. The van der Waals surface area contributed by atoms with Crippen molar-refractivity contribution >= 4 is 46.0 Å². The SMILES string of the molecule is Cc1cc(NC(=O)CSc2c3c(nc4cc(Cl)ccc24)CCCC3)no1. The third kappa shape index (κ3) is 3.57. The Hall–Kier alpha value is -2.05. The van der Waals surface area contributed by atoms with Crippen molar-refractivity contribution in [3.8, 4) is 0 Å². The predicted octanol–water partition coefficient (Wildman–Crippen LogP) is 4.79. The zero-order valence-electron chi connectivity index (χ0n) is 14.3. The Balaban J connectivity index is 1.61. The second-order valence-corrected chi connectivity index (χ2v) is 7.82. The van der Waals surface area contributed by atoms with E-state index in [4.69, 9.17) is 21.1 Å². The van der Waals surface area contributed by atoms with Crippen LogP contribution in [0.3, 0.4) is 0 Å². The van der Waals surface area contributed by atoms with E-state index in [2.05, 4.69) is 10.5 Å². The van der Waals surface area contributed by atoms with E-state index in [1.807, 2.05) is 18.2 Å². The fraction of sp³-hybridized carbons (Fsp3) is 0.316. The molecule has 7 heteroatoms. The molecule has 26 heavy (non-hydrogen) atoms. The van der Waals surface area contributed by atoms with Crippen LogP contribution in [0.1, 0.15) is 29.9 Å². The number of rotatable bonds is 4. The number of pyridine rings is 1. The highest BCUT2D eigenvalue weighted by molar-refractivity contribution is 8.00. The third-order valence-corrected chi connectivity index (χ3v) is 5.81. The molecule has 0 atom stereocenters. The van der Waals surface area contributed by atoms with Crippen LogP contribution >= 0.6 is 23.4 Å². The standard InChI is InChI=1S/C19H18ClN3O2S/c1-11-8-17(23-25-11)22-18(24)10-26-19-13-4-2-3-5-15(13)21-16-9-12(20)6-7-14(16)19/h6-9H,2-5,10H2,1H3,(H,22,23,24). The van der Waals surface area contributed by atoms with Crippen LogP contribution in [-0.2, 0) is 17.6 Å².